The molecule has 5 nitrogen and oxygen atoms in total. The van der Waals surface area contributed by atoms with Crippen molar-refractivity contribution < 1.29 is 4.79 Å². The van der Waals surface area contributed by atoms with E-state index >= 15 is 0 Å². The van der Waals surface area contributed by atoms with Gasteiger partial charge in [-0.3, -0.25) is 4.79 Å². The minimum absolute atomic E-state index is 0.194. The second kappa shape index (κ2) is 6.23. The normalized spacial score (nSPS) is 14.1. The fourth-order valence-electron chi connectivity index (χ4n) is 1.70. The first kappa shape index (κ1) is 12.7. The molecule has 2 rings (SSSR count). The van der Waals surface area contributed by atoms with E-state index in [4.69, 9.17) is 0 Å². The molecule has 5 heteroatoms. The standard InChI is InChI=1S/C13H20N4O/c1-2-14-12-9-11(5-6-16-12)15-7-8-17-13(18)10-3-4-10/h5-6,9-10H,2-4,7-8H2,1H3,(H,17,18)(H2,14,15,16). The minimum Gasteiger partial charge on any atom is -0.383 e. The monoisotopic (exact) mass is 248 g/mol. The van der Waals surface area contributed by atoms with Gasteiger partial charge in [-0.2, -0.15) is 0 Å². The largest absolute Gasteiger partial charge is 0.383 e. The lowest BCUT2D eigenvalue weighted by Gasteiger charge is -2.09. The van der Waals surface area contributed by atoms with Gasteiger partial charge in [-0.1, -0.05) is 0 Å². The van der Waals surface area contributed by atoms with Crippen LogP contribution in [0, 0.1) is 5.92 Å². The first-order chi connectivity index (χ1) is 8.79. The number of nitrogens with one attached hydrogen (secondary N) is 3. The van der Waals surface area contributed by atoms with Crippen molar-refractivity contribution >= 4 is 17.4 Å². The zero-order valence-corrected chi connectivity index (χ0v) is 10.7. The quantitative estimate of drug-likeness (QED) is 0.639. The summed E-state index contributed by atoms with van der Waals surface area (Å²) in [5, 5.41) is 9.34. The number of nitrogens with zero attached hydrogens (tertiary/aromatic N) is 1. The van der Waals surface area contributed by atoms with E-state index in [2.05, 4.69) is 20.9 Å². The van der Waals surface area contributed by atoms with Crippen molar-refractivity contribution in [3.05, 3.63) is 18.3 Å². The van der Waals surface area contributed by atoms with Gasteiger partial charge in [0.1, 0.15) is 5.82 Å². The molecule has 18 heavy (non-hydrogen) atoms. The van der Waals surface area contributed by atoms with Gasteiger partial charge in [-0.25, -0.2) is 4.98 Å². The summed E-state index contributed by atoms with van der Waals surface area (Å²) >= 11 is 0. The molecule has 1 heterocycles. The van der Waals surface area contributed by atoms with Crippen LogP contribution in [0.2, 0.25) is 0 Å². The Morgan fingerprint density at radius 2 is 2.22 bits per heavy atom. The average molecular weight is 248 g/mol. The molecule has 0 spiro atoms. The van der Waals surface area contributed by atoms with Crippen LogP contribution in [-0.4, -0.2) is 30.5 Å². The molecule has 1 amide bonds. The molecule has 1 aliphatic carbocycles. The Morgan fingerprint density at radius 1 is 1.39 bits per heavy atom. The van der Waals surface area contributed by atoms with E-state index in [1.54, 1.807) is 6.20 Å². The molecule has 1 aromatic rings. The van der Waals surface area contributed by atoms with E-state index in [9.17, 15) is 4.79 Å². The van der Waals surface area contributed by atoms with Crippen molar-refractivity contribution in [1.82, 2.24) is 10.3 Å². The van der Waals surface area contributed by atoms with Crippen LogP contribution in [-0.2, 0) is 4.79 Å². The van der Waals surface area contributed by atoms with E-state index in [0.717, 1.165) is 37.4 Å². The van der Waals surface area contributed by atoms with Crippen molar-refractivity contribution in [3.63, 3.8) is 0 Å². The lowest BCUT2D eigenvalue weighted by atomic mass is 10.3. The highest BCUT2D eigenvalue weighted by Crippen LogP contribution is 2.28. The SMILES string of the molecule is CCNc1cc(NCCNC(=O)C2CC2)ccn1. The molecule has 0 aliphatic heterocycles. The van der Waals surface area contributed by atoms with E-state index in [1.165, 1.54) is 0 Å². The second-order valence-corrected chi connectivity index (χ2v) is 4.45. The lowest BCUT2D eigenvalue weighted by Crippen LogP contribution is -2.29. The third-order valence-electron chi connectivity index (χ3n) is 2.82. The first-order valence-corrected chi connectivity index (χ1v) is 6.51. The van der Waals surface area contributed by atoms with Crippen LogP contribution in [0.25, 0.3) is 0 Å². The third kappa shape index (κ3) is 3.91. The van der Waals surface area contributed by atoms with Crippen molar-refractivity contribution in [3.8, 4) is 0 Å². The molecule has 0 unspecified atom stereocenters. The number of anilines is 2. The summed E-state index contributed by atoms with van der Waals surface area (Å²) in [5.74, 6) is 1.34. The fraction of sp³-hybridized carbons (Fsp3) is 0.538. The van der Waals surface area contributed by atoms with E-state index in [1.807, 2.05) is 19.1 Å². The molecule has 1 aliphatic rings. The molecular weight excluding hydrogens is 228 g/mol. The van der Waals surface area contributed by atoms with Crippen LogP contribution < -0.4 is 16.0 Å². The molecule has 0 atom stereocenters. The number of pyridine rings is 1. The van der Waals surface area contributed by atoms with Crippen LogP contribution in [0.3, 0.4) is 0 Å². The summed E-state index contributed by atoms with van der Waals surface area (Å²) in [5.41, 5.74) is 1.02. The van der Waals surface area contributed by atoms with Gasteiger partial charge in [0.2, 0.25) is 5.91 Å². The lowest BCUT2D eigenvalue weighted by molar-refractivity contribution is -0.122. The van der Waals surface area contributed by atoms with Crippen molar-refractivity contribution in [2.75, 3.05) is 30.3 Å². The van der Waals surface area contributed by atoms with Crippen LogP contribution >= 0.6 is 0 Å². The molecule has 1 aromatic heterocycles. The fourth-order valence-corrected chi connectivity index (χ4v) is 1.70. The van der Waals surface area contributed by atoms with Gasteiger partial charge in [-0.15, -0.1) is 0 Å². The molecule has 98 valence electrons. The van der Waals surface area contributed by atoms with E-state index in [0.29, 0.717) is 6.54 Å². The number of amides is 1. The summed E-state index contributed by atoms with van der Waals surface area (Å²) in [6, 6.07) is 3.88. The zero-order chi connectivity index (χ0) is 12.8. The Hall–Kier alpha value is -1.78. The highest BCUT2D eigenvalue weighted by Gasteiger charge is 2.28. The summed E-state index contributed by atoms with van der Waals surface area (Å²) in [6.45, 7) is 4.28. The maximum atomic E-state index is 11.4. The predicted molar refractivity (Wildman–Crippen MR) is 72.6 cm³/mol. The number of carbonyl (C=O) groups is 1. The number of hydrogen-bond donors (Lipinski definition) is 3. The summed E-state index contributed by atoms with van der Waals surface area (Å²) in [7, 11) is 0. The molecule has 1 fully saturated rings. The Kier molecular flexibility index (Phi) is 4.39. The topological polar surface area (TPSA) is 66.0 Å². The molecule has 0 aromatic carbocycles. The van der Waals surface area contributed by atoms with Gasteiger partial charge < -0.3 is 16.0 Å². The predicted octanol–water partition coefficient (Wildman–Crippen LogP) is 1.45. The Balaban J connectivity index is 1.68. The number of carbonyl (C=O) groups excluding carboxylic acids is 1. The number of rotatable bonds is 7. The van der Waals surface area contributed by atoms with Gasteiger partial charge >= 0.3 is 0 Å². The number of aromatic nitrogens is 1. The molecule has 0 bridgehead atoms. The zero-order valence-electron chi connectivity index (χ0n) is 10.7. The Bertz CT molecular complexity index is 404. The van der Waals surface area contributed by atoms with Crippen molar-refractivity contribution in [2.45, 2.75) is 19.8 Å². The van der Waals surface area contributed by atoms with Crippen LogP contribution in [0.15, 0.2) is 18.3 Å². The third-order valence-corrected chi connectivity index (χ3v) is 2.82. The summed E-state index contributed by atoms with van der Waals surface area (Å²) in [4.78, 5) is 15.6. The van der Waals surface area contributed by atoms with Gasteiger partial charge in [0.15, 0.2) is 0 Å². The minimum atomic E-state index is 0.194. The first-order valence-electron chi connectivity index (χ1n) is 6.51. The molecule has 0 saturated heterocycles. The van der Waals surface area contributed by atoms with Crippen LogP contribution in [0.4, 0.5) is 11.5 Å². The second-order valence-electron chi connectivity index (χ2n) is 4.45. The van der Waals surface area contributed by atoms with Crippen LogP contribution in [0.1, 0.15) is 19.8 Å². The number of hydrogen-bond acceptors (Lipinski definition) is 4. The molecule has 3 N–H and O–H groups in total. The highest BCUT2D eigenvalue weighted by atomic mass is 16.2. The smallest absolute Gasteiger partial charge is 0.223 e. The van der Waals surface area contributed by atoms with Crippen molar-refractivity contribution in [2.24, 2.45) is 5.92 Å². The molecule has 0 radical (unpaired) electrons. The van der Waals surface area contributed by atoms with Gasteiger partial charge in [0.25, 0.3) is 0 Å². The average Bonchev–Trinajstić information content (AvgIpc) is 3.19. The van der Waals surface area contributed by atoms with Crippen molar-refractivity contribution in [1.29, 1.82) is 0 Å². The summed E-state index contributed by atoms with van der Waals surface area (Å²) < 4.78 is 0. The Labute approximate surface area is 107 Å². The molecule has 1 saturated carbocycles. The van der Waals surface area contributed by atoms with E-state index in [-0.39, 0.29) is 11.8 Å². The van der Waals surface area contributed by atoms with Gasteiger partial charge in [-0.05, 0) is 25.8 Å². The maximum absolute atomic E-state index is 11.4. The molecular formula is C13H20N4O. The van der Waals surface area contributed by atoms with Gasteiger partial charge in [0.05, 0.1) is 0 Å². The van der Waals surface area contributed by atoms with Gasteiger partial charge in [0, 0.05) is 43.5 Å². The Morgan fingerprint density at radius 3 is 2.94 bits per heavy atom. The van der Waals surface area contributed by atoms with E-state index < -0.39 is 0 Å². The maximum Gasteiger partial charge on any atom is 0.223 e. The highest BCUT2D eigenvalue weighted by molar-refractivity contribution is 5.80. The van der Waals surface area contributed by atoms with Crippen LogP contribution in [0.5, 0.6) is 0 Å². The summed E-state index contributed by atoms with van der Waals surface area (Å²) in [6.07, 6.45) is 3.87.